The van der Waals surface area contributed by atoms with Crippen LogP contribution in [0.3, 0.4) is 0 Å². The number of nitrogens with zero attached hydrogens (tertiary/aromatic N) is 2. The molecule has 2 aromatic rings. The molecule has 5 heteroatoms. The van der Waals surface area contributed by atoms with Crippen molar-refractivity contribution >= 4 is 16.5 Å². The van der Waals surface area contributed by atoms with Gasteiger partial charge in [-0.3, -0.25) is 4.79 Å². The average molecular weight is 305 g/mol. The third-order valence-corrected chi connectivity index (χ3v) is 4.39. The number of hydrogen-bond acceptors (Lipinski definition) is 4. The maximum atomic E-state index is 12.6. The fourth-order valence-corrected chi connectivity index (χ4v) is 3.20. The Hall–Kier alpha value is -1.62. The fraction of sp³-hybridized carbons (Fsp3) is 0.500. The van der Waals surface area contributed by atoms with Crippen LogP contribution < -0.4 is 10.9 Å². The van der Waals surface area contributed by atoms with Crippen molar-refractivity contribution in [2.75, 3.05) is 11.9 Å². The lowest BCUT2D eigenvalue weighted by atomic mass is 10.1. The second-order valence-electron chi connectivity index (χ2n) is 5.21. The van der Waals surface area contributed by atoms with Gasteiger partial charge in [-0.1, -0.05) is 13.3 Å². The molecule has 0 amide bonds. The topological polar surface area (TPSA) is 46.9 Å². The van der Waals surface area contributed by atoms with E-state index >= 15 is 0 Å². The predicted molar refractivity (Wildman–Crippen MR) is 90.4 cm³/mol. The summed E-state index contributed by atoms with van der Waals surface area (Å²) in [6, 6.07) is 2.06. The third kappa shape index (κ3) is 3.35. The van der Waals surface area contributed by atoms with Crippen LogP contribution in [0.15, 0.2) is 16.2 Å². The van der Waals surface area contributed by atoms with Gasteiger partial charge in [-0.15, -0.1) is 11.3 Å². The summed E-state index contributed by atoms with van der Waals surface area (Å²) >= 11 is 1.56. The van der Waals surface area contributed by atoms with E-state index < -0.39 is 0 Å². The van der Waals surface area contributed by atoms with Gasteiger partial charge in [0.25, 0.3) is 5.56 Å². The smallest absolute Gasteiger partial charge is 0.260 e. The van der Waals surface area contributed by atoms with Crippen molar-refractivity contribution in [1.82, 2.24) is 9.55 Å². The largest absolute Gasteiger partial charge is 0.362 e. The number of thiazole rings is 1. The molecular weight excluding hydrogens is 282 g/mol. The Balaban J connectivity index is 2.36. The first-order valence-electron chi connectivity index (χ1n) is 7.49. The van der Waals surface area contributed by atoms with Crippen LogP contribution in [0.1, 0.15) is 37.9 Å². The lowest BCUT2D eigenvalue weighted by molar-refractivity contribution is 0.700. The molecule has 2 aromatic heterocycles. The van der Waals surface area contributed by atoms with Crippen molar-refractivity contribution in [3.63, 3.8) is 0 Å². The van der Waals surface area contributed by atoms with Crippen molar-refractivity contribution in [3.8, 4) is 11.3 Å². The Morgan fingerprint density at radius 1 is 1.33 bits per heavy atom. The van der Waals surface area contributed by atoms with Crippen molar-refractivity contribution in [2.24, 2.45) is 0 Å². The van der Waals surface area contributed by atoms with E-state index in [-0.39, 0.29) is 5.56 Å². The van der Waals surface area contributed by atoms with Crippen LogP contribution in [0.25, 0.3) is 11.3 Å². The highest BCUT2D eigenvalue weighted by Gasteiger charge is 2.14. The number of rotatable bonds is 6. The highest BCUT2D eigenvalue weighted by molar-refractivity contribution is 7.14. The zero-order chi connectivity index (χ0) is 15.4. The van der Waals surface area contributed by atoms with E-state index in [1.165, 1.54) is 0 Å². The summed E-state index contributed by atoms with van der Waals surface area (Å²) in [6.07, 6.45) is 2.28. The Labute approximate surface area is 129 Å². The van der Waals surface area contributed by atoms with Gasteiger partial charge in [0, 0.05) is 24.2 Å². The molecule has 0 aliphatic heterocycles. The molecule has 114 valence electrons. The summed E-state index contributed by atoms with van der Waals surface area (Å²) in [5.74, 6) is 0. The van der Waals surface area contributed by atoms with Gasteiger partial charge in [-0.05, 0) is 38.8 Å². The maximum Gasteiger partial charge on any atom is 0.260 e. The van der Waals surface area contributed by atoms with Gasteiger partial charge in [0.2, 0.25) is 0 Å². The normalized spacial score (nSPS) is 10.9. The molecule has 0 bridgehead atoms. The molecule has 0 aliphatic carbocycles. The van der Waals surface area contributed by atoms with E-state index in [2.05, 4.69) is 23.3 Å². The highest BCUT2D eigenvalue weighted by atomic mass is 32.1. The van der Waals surface area contributed by atoms with Gasteiger partial charge < -0.3 is 9.88 Å². The van der Waals surface area contributed by atoms with Crippen molar-refractivity contribution in [1.29, 1.82) is 0 Å². The Morgan fingerprint density at radius 2 is 2.10 bits per heavy atom. The molecule has 1 N–H and O–H groups in total. The zero-order valence-electron chi connectivity index (χ0n) is 13.2. The van der Waals surface area contributed by atoms with Gasteiger partial charge in [0.05, 0.1) is 11.3 Å². The van der Waals surface area contributed by atoms with E-state index in [0.29, 0.717) is 6.54 Å². The minimum absolute atomic E-state index is 0.0559. The minimum atomic E-state index is 0.0559. The second-order valence-corrected chi connectivity index (χ2v) is 6.07. The summed E-state index contributed by atoms with van der Waals surface area (Å²) < 4.78 is 1.80. The average Bonchev–Trinajstić information content (AvgIpc) is 2.87. The Kier molecular flexibility index (Phi) is 5.17. The number of aryl methyl sites for hydroxylation is 2. The number of hydrogen-bond donors (Lipinski definition) is 1. The summed E-state index contributed by atoms with van der Waals surface area (Å²) in [4.78, 5) is 17.2. The molecule has 0 fully saturated rings. The molecule has 21 heavy (non-hydrogen) atoms. The van der Waals surface area contributed by atoms with Crippen molar-refractivity contribution in [2.45, 2.75) is 47.1 Å². The van der Waals surface area contributed by atoms with Crippen LogP contribution in [0.5, 0.6) is 0 Å². The van der Waals surface area contributed by atoms with E-state index in [0.717, 1.165) is 47.0 Å². The molecule has 0 spiro atoms. The molecule has 0 aliphatic rings. The lowest BCUT2D eigenvalue weighted by Crippen LogP contribution is -2.24. The Bertz CT molecular complexity index is 673. The molecule has 2 rings (SSSR count). The third-order valence-electron chi connectivity index (χ3n) is 3.59. The molecule has 2 heterocycles. The maximum absolute atomic E-state index is 12.6. The fourth-order valence-electron chi connectivity index (χ4n) is 2.47. The van der Waals surface area contributed by atoms with Crippen LogP contribution >= 0.6 is 11.3 Å². The Morgan fingerprint density at radius 3 is 2.76 bits per heavy atom. The van der Waals surface area contributed by atoms with Gasteiger partial charge in [0.1, 0.15) is 0 Å². The molecule has 0 atom stereocenters. The standard InChI is InChI=1S/C16H23N3OS/c1-5-7-8-17-16-18-13(10-21-16)14-11(3)9-12(4)19(6-2)15(14)20/h9-10H,5-8H2,1-4H3,(H,17,18). The van der Waals surface area contributed by atoms with Crippen LogP contribution in [-0.4, -0.2) is 16.1 Å². The van der Waals surface area contributed by atoms with Crippen LogP contribution in [-0.2, 0) is 6.54 Å². The molecule has 0 aromatic carbocycles. The van der Waals surface area contributed by atoms with E-state index in [1.807, 2.05) is 26.2 Å². The lowest BCUT2D eigenvalue weighted by Gasteiger charge is -2.11. The van der Waals surface area contributed by atoms with Crippen molar-refractivity contribution < 1.29 is 0 Å². The van der Waals surface area contributed by atoms with Crippen LogP contribution in [0.4, 0.5) is 5.13 Å². The van der Waals surface area contributed by atoms with E-state index in [4.69, 9.17) is 0 Å². The molecule has 0 saturated carbocycles. The molecule has 0 radical (unpaired) electrons. The monoisotopic (exact) mass is 305 g/mol. The number of aromatic nitrogens is 2. The first kappa shape index (κ1) is 15.8. The second kappa shape index (κ2) is 6.89. The predicted octanol–water partition coefficient (Wildman–Crippen LogP) is 3.82. The SMILES string of the molecule is CCCCNc1nc(-c2c(C)cc(C)n(CC)c2=O)cs1. The summed E-state index contributed by atoms with van der Waals surface area (Å²) in [5.41, 5.74) is 3.55. The molecule has 0 saturated heterocycles. The van der Waals surface area contributed by atoms with Crippen LogP contribution in [0, 0.1) is 13.8 Å². The van der Waals surface area contributed by atoms with Crippen molar-refractivity contribution in [3.05, 3.63) is 33.1 Å². The minimum Gasteiger partial charge on any atom is -0.362 e. The number of pyridine rings is 1. The van der Waals surface area contributed by atoms with E-state index in [9.17, 15) is 4.79 Å². The van der Waals surface area contributed by atoms with Gasteiger partial charge in [-0.2, -0.15) is 0 Å². The zero-order valence-corrected chi connectivity index (χ0v) is 14.0. The summed E-state index contributed by atoms with van der Waals surface area (Å²) in [7, 11) is 0. The quantitative estimate of drug-likeness (QED) is 0.825. The summed E-state index contributed by atoms with van der Waals surface area (Å²) in [5, 5.41) is 6.17. The van der Waals surface area contributed by atoms with Crippen LogP contribution in [0.2, 0.25) is 0 Å². The van der Waals surface area contributed by atoms with Gasteiger partial charge >= 0.3 is 0 Å². The van der Waals surface area contributed by atoms with Gasteiger partial charge in [-0.25, -0.2) is 4.98 Å². The number of unbranched alkanes of at least 4 members (excludes halogenated alkanes) is 1. The molecular formula is C16H23N3OS. The summed E-state index contributed by atoms with van der Waals surface area (Å²) in [6.45, 7) is 9.72. The first-order valence-corrected chi connectivity index (χ1v) is 8.37. The van der Waals surface area contributed by atoms with Gasteiger partial charge in [0.15, 0.2) is 5.13 Å². The number of anilines is 1. The highest BCUT2D eigenvalue weighted by Crippen LogP contribution is 2.25. The van der Waals surface area contributed by atoms with E-state index in [1.54, 1.807) is 15.9 Å². The number of nitrogens with one attached hydrogen (secondary N) is 1. The first-order chi connectivity index (χ1) is 10.1. The molecule has 4 nitrogen and oxygen atoms in total. The molecule has 0 unspecified atom stereocenters.